The van der Waals surface area contributed by atoms with Crippen molar-refractivity contribution in [3.63, 3.8) is 0 Å². The van der Waals surface area contributed by atoms with Crippen LogP contribution in [0.1, 0.15) is 31.7 Å². The Morgan fingerprint density at radius 2 is 2.21 bits per heavy atom. The molecule has 0 fully saturated rings. The number of fused-ring (bicyclic) bond motifs is 1. The van der Waals surface area contributed by atoms with Crippen LogP contribution in [0.3, 0.4) is 0 Å². The van der Waals surface area contributed by atoms with Crippen molar-refractivity contribution >= 4 is 22.6 Å². The summed E-state index contributed by atoms with van der Waals surface area (Å²) in [5, 5.41) is 9.16. The summed E-state index contributed by atoms with van der Waals surface area (Å²) in [6, 6.07) is 7.97. The molecule has 3 nitrogen and oxygen atoms in total. The van der Waals surface area contributed by atoms with Gasteiger partial charge in [0.05, 0.1) is 11.1 Å². The summed E-state index contributed by atoms with van der Waals surface area (Å²) in [5.41, 5.74) is 2.48. The maximum Gasteiger partial charge on any atom is 0.111 e. The molecule has 0 saturated heterocycles. The van der Waals surface area contributed by atoms with E-state index in [-0.39, 0.29) is 0 Å². The number of hydrogen-bond donors (Lipinski definition) is 0. The molecule has 0 spiro atoms. The van der Waals surface area contributed by atoms with Crippen molar-refractivity contribution < 1.29 is 0 Å². The zero-order valence-corrected chi connectivity index (χ0v) is 12.1. The number of nitriles is 1. The lowest BCUT2D eigenvalue weighted by atomic mass is 10.1. The number of imidazole rings is 1. The van der Waals surface area contributed by atoms with Crippen molar-refractivity contribution in [2.24, 2.45) is 5.92 Å². The molecule has 0 radical (unpaired) electrons. The standard InChI is InChI=1S/C15H18ClN3/c1-11(2)7-9-19-13-5-3-4-12(10-17)15(13)18-14(19)6-8-16/h3-5,11H,6-9H2,1-2H3. The average Bonchev–Trinajstić information content (AvgIpc) is 2.74. The molecular formula is C15H18ClN3. The molecular weight excluding hydrogens is 258 g/mol. The van der Waals surface area contributed by atoms with Gasteiger partial charge in [-0.1, -0.05) is 19.9 Å². The highest BCUT2D eigenvalue weighted by molar-refractivity contribution is 6.17. The quantitative estimate of drug-likeness (QED) is 0.780. The molecule has 1 heterocycles. The van der Waals surface area contributed by atoms with Gasteiger partial charge in [0.15, 0.2) is 0 Å². The minimum Gasteiger partial charge on any atom is -0.328 e. The van der Waals surface area contributed by atoms with Gasteiger partial charge in [0.25, 0.3) is 0 Å². The fourth-order valence-corrected chi connectivity index (χ4v) is 2.37. The first kappa shape index (κ1) is 13.9. The first-order valence-electron chi connectivity index (χ1n) is 6.61. The van der Waals surface area contributed by atoms with E-state index in [0.717, 1.165) is 36.2 Å². The highest BCUT2D eigenvalue weighted by atomic mass is 35.5. The second kappa shape index (κ2) is 6.08. The largest absolute Gasteiger partial charge is 0.328 e. The van der Waals surface area contributed by atoms with E-state index in [1.807, 2.05) is 18.2 Å². The van der Waals surface area contributed by atoms with Crippen molar-refractivity contribution in [3.8, 4) is 6.07 Å². The zero-order valence-electron chi connectivity index (χ0n) is 11.4. The Balaban J connectivity index is 2.51. The number of halogens is 1. The predicted molar refractivity (Wildman–Crippen MR) is 78.3 cm³/mol. The third-order valence-corrected chi connectivity index (χ3v) is 3.42. The Labute approximate surface area is 118 Å². The van der Waals surface area contributed by atoms with Crippen LogP contribution in [0.2, 0.25) is 0 Å². The van der Waals surface area contributed by atoms with Crippen molar-refractivity contribution in [1.29, 1.82) is 5.26 Å². The Kier molecular flexibility index (Phi) is 4.44. The lowest BCUT2D eigenvalue weighted by molar-refractivity contribution is 0.513. The normalized spacial score (nSPS) is 11.1. The third kappa shape index (κ3) is 2.90. The molecule has 100 valence electrons. The van der Waals surface area contributed by atoms with Gasteiger partial charge in [-0.2, -0.15) is 5.26 Å². The molecule has 2 aromatic rings. The van der Waals surface area contributed by atoms with Gasteiger partial charge in [0.2, 0.25) is 0 Å². The van der Waals surface area contributed by atoms with Gasteiger partial charge >= 0.3 is 0 Å². The van der Waals surface area contributed by atoms with Crippen LogP contribution in [-0.4, -0.2) is 15.4 Å². The van der Waals surface area contributed by atoms with Crippen LogP contribution >= 0.6 is 11.6 Å². The lowest BCUT2D eigenvalue weighted by Crippen LogP contribution is -2.06. The molecule has 0 bridgehead atoms. The minimum absolute atomic E-state index is 0.548. The maximum atomic E-state index is 9.16. The SMILES string of the molecule is CC(C)CCn1c(CCCl)nc2c(C#N)cccc21. The van der Waals surface area contributed by atoms with Crippen LogP contribution in [0.4, 0.5) is 0 Å². The van der Waals surface area contributed by atoms with E-state index in [1.165, 1.54) is 0 Å². The summed E-state index contributed by atoms with van der Waals surface area (Å²) in [7, 11) is 0. The zero-order chi connectivity index (χ0) is 13.8. The van der Waals surface area contributed by atoms with E-state index >= 15 is 0 Å². The smallest absolute Gasteiger partial charge is 0.111 e. The van der Waals surface area contributed by atoms with Gasteiger partial charge in [-0.3, -0.25) is 0 Å². The first-order chi connectivity index (χ1) is 9.17. The van der Waals surface area contributed by atoms with Crippen molar-refractivity contribution in [2.45, 2.75) is 33.2 Å². The van der Waals surface area contributed by atoms with Crippen molar-refractivity contribution in [3.05, 3.63) is 29.6 Å². The second-order valence-electron chi connectivity index (χ2n) is 5.09. The lowest BCUT2D eigenvalue weighted by Gasteiger charge is -2.10. The number of nitrogens with zero attached hydrogens (tertiary/aromatic N) is 3. The summed E-state index contributed by atoms with van der Waals surface area (Å²) in [5.74, 6) is 2.17. The highest BCUT2D eigenvalue weighted by Crippen LogP contribution is 2.21. The summed E-state index contributed by atoms with van der Waals surface area (Å²) < 4.78 is 2.21. The van der Waals surface area contributed by atoms with Crippen LogP contribution in [0.15, 0.2) is 18.2 Å². The van der Waals surface area contributed by atoms with Gasteiger partial charge in [-0.15, -0.1) is 11.6 Å². The molecule has 4 heteroatoms. The van der Waals surface area contributed by atoms with Gasteiger partial charge in [0, 0.05) is 18.8 Å². The summed E-state index contributed by atoms with van der Waals surface area (Å²) in [6.07, 6.45) is 1.83. The number of aromatic nitrogens is 2. The fourth-order valence-electron chi connectivity index (χ4n) is 2.20. The van der Waals surface area contributed by atoms with Crippen LogP contribution in [0, 0.1) is 17.2 Å². The van der Waals surface area contributed by atoms with Crippen LogP contribution in [-0.2, 0) is 13.0 Å². The topological polar surface area (TPSA) is 41.6 Å². The molecule has 0 aliphatic rings. The number of aryl methyl sites for hydroxylation is 2. The average molecular weight is 276 g/mol. The van der Waals surface area contributed by atoms with Gasteiger partial charge in [-0.25, -0.2) is 4.98 Å². The number of alkyl halides is 1. The monoisotopic (exact) mass is 275 g/mol. The number of rotatable bonds is 5. The molecule has 0 amide bonds. The Morgan fingerprint density at radius 3 is 2.84 bits per heavy atom. The number of hydrogen-bond acceptors (Lipinski definition) is 2. The predicted octanol–water partition coefficient (Wildman–Crippen LogP) is 3.74. The molecule has 0 aliphatic carbocycles. The van der Waals surface area contributed by atoms with E-state index in [1.54, 1.807) is 0 Å². The third-order valence-electron chi connectivity index (χ3n) is 3.23. The van der Waals surface area contributed by atoms with E-state index < -0.39 is 0 Å². The van der Waals surface area contributed by atoms with Crippen molar-refractivity contribution in [2.75, 3.05) is 5.88 Å². The van der Waals surface area contributed by atoms with Gasteiger partial charge < -0.3 is 4.57 Å². The van der Waals surface area contributed by atoms with Crippen molar-refractivity contribution in [1.82, 2.24) is 9.55 Å². The molecule has 0 unspecified atom stereocenters. The van der Waals surface area contributed by atoms with E-state index in [0.29, 0.717) is 17.4 Å². The molecule has 2 rings (SSSR count). The van der Waals surface area contributed by atoms with Crippen LogP contribution < -0.4 is 0 Å². The van der Waals surface area contributed by atoms with Crippen LogP contribution in [0.5, 0.6) is 0 Å². The molecule has 0 saturated carbocycles. The van der Waals surface area contributed by atoms with Gasteiger partial charge in [-0.05, 0) is 24.5 Å². The summed E-state index contributed by atoms with van der Waals surface area (Å²) >= 11 is 5.85. The first-order valence-corrected chi connectivity index (χ1v) is 7.15. The molecule has 0 atom stereocenters. The minimum atomic E-state index is 0.548. The number of benzene rings is 1. The Hall–Kier alpha value is -1.53. The van der Waals surface area contributed by atoms with E-state index in [2.05, 4.69) is 29.5 Å². The summed E-state index contributed by atoms with van der Waals surface area (Å²) in [4.78, 5) is 4.61. The van der Waals surface area contributed by atoms with Crippen LogP contribution in [0.25, 0.3) is 11.0 Å². The van der Waals surface area contributed by atoms with E-state index in [4.69, 9.17) is 16.9 Å². The summed E-state index contributed by atoms with van der Waals surface area (Å²) in [6.45, 7) is 5.34. The number of para-hydroxylation sites is 1. The molecule has 1 aromatic carbocycles. The molecule has 0 N–H and O–H groups in total. The maximum absolute atomic E-state index is 9.16. The Morgan fingerprint density at radius 1 is 1.42 bits per heavy atom. The van der Waals surface area contributed by atoms with E-state index in [9.17, 15) is 0 Å². The molecule has 1 aromatic heterocycles. The second-order valence-corrected chi connectivity index (χ2v) is 5.46. The fraction of sp³-hybridized carbons (Fsp3) is 0.467. The van der Waals surface area contributed by atoms with Gasteiger partial charge in [0.1, 0.15) is 17.4 Å². The Bertz CT molecular complexity index is 608. The molecule has 19 heavy (non-hydrogen) atoms. The highest BCUT2D eigenvalue weighted by Gasteiger charge is 2.13. The molecule has 0 aliphatic heterocycles.